The Morgan fingerprint density at radius 2 is 1.89 bits per heavy atom. The number of carbonyl (C=O) groups excluding carboxylic acids is 1. The maximum Gasteiger partial charge on any atom is 0.234 e. The fraction of sp³-hybridized carbons (Fsp3) is 0.562. The molecule has 2 rings (SSSR count). The highest BCUT2D eigenvalue weighted by Crippen LogP contribution is 2.42. The van der Waals surface area contributed by atoms with Crippen LogP contribution in [0.25, 0.3) is 0 Å². The Kier molecular flexibility index (Phi) is 4.05. The predicted octanol–water partition coefficient (Wildman–Crippen LogP) is 4.79. The van der Waals surface area contributed by atoms with Gasteiger partial charge in [0.25, 0.3) is 0 Å². The minimum atomic E-state index is -0.425. The van der Waals surface area contributed by atoms with Crippen molar-refractivity contribution in [1.29, 1.82) is 0 Å². The molecule has 0 radical (unpaired) electrons. The molecule has 1 aliphatic heterocycles. The first-order chi connectivity index (χ1) is 8.91. The molecule has 104 valence electrons. The summed E-state index contributed by atoms with van der Waals surface area (Å²) in [6.45, 7) is 8.42. The highest BCUT2D eigenvalue weighted by Gasteiger charge is 2.38. The average Bonchev–Trinajstić information content (AvgIpc) is 2.61. The Morgan fingerprint density at radius 1 is 1.26 bits per heavy atom. The third-order valence-electron chi connectivity index (χ3n) is 4.31. The molecule has 0 fully saturated rings. The molecular weight excluding hydrogens is 302 g/mol. The van der Waals surface area contributed by atoms with Crippen LogP contribution in [0.4, 0.5) is 5.69 Å². The maximum absolute atomic E-state index is 12.0. The fourth-order valence-electron chi connectivity index (χ4n) is 2.74. The summed E-state index contributed by atoms with van der Waals surface area (Å²) < 4.78 is 0. The van der Waals surface area contributed by atoms with Gasteiger partial charge in [0.05, 0.1) is 5.41 Å². The summed E-state index contributed by atoms with van der Waals surface area (Å²) in [5.41, 5.74) is 2.93. The normalized spacial score (nSPS) is 18.3. The summed E-state index contributed by atoms with van der Waals surface area (Å²) in [6, 6.07) is 6.34. The highest BCUT2D eigenvalue weighted by molar-refractivity contribution is 9.09. The summed E-state index contributed by atoms with van der Waals surface area (Å²) in [4.78, 5) is 12.3. The average molecular weight is 324 g/mol. The second kappa shape index (κ2) is 5.28. The van der Waals surface area contributed by atoms with Crippen LogP contribution < -0.4 is 5.32 Å². The lowest BCUT2D eigenvalue weighted by Crippen LogP contribution is -2.26. The standard InChI is InChI=1S/C16H22BrNO/c1-5-10(6-2)14(17)11-7-8-13-12(9-11)16(3,4)15(19)18-13/h7-10,14H,5-6H2,1-4H3,(H,18,19). The van der Waals surface area contributed by atoms with Gasteiger partial charge in [-0.3, -0.25) is 4.79 Å². The van der Waals surface area contributed by atoms with Crippen molar-refractivity contribution in [2.45, 2.75) is 50.8 Å². The molecule has 3 heteroatoms. The van der Waals surface area contributed by atoms with Crippen molar-refractivity contribution >= 4 is 27.5 Å². The zero-order valence-corrected chi connectivity index (χ0v) is 13.7. The second-order valence-corrected chi connectivity index (χ2v) is 6.85. The first kappa shape index (κ1) is 14.6. The number of alkyl halides is 1. The van der Waals surface area contributed by atoms with Crippen molar-refractivity contribution in [3.05, 3.63) is 29.3 Å². The largest absolute Gasteiger partial charge is 0.325 e. The Balaban J connectivity index is 2.37. The lowest BCUT2D eigenvalue weighted by molar-refractivity contribution is -0.119. The molecule has 1 amide bonds. The van der Waals surface area contributed by atoms with Crippen LogP contribution in [-0.4, -0.2) is 5.91 Å². The van der Waals surface area contributed by atoms with E-state index in [2.05, 4.69) is 47.2 Å². The lowest BCUT2D eigenvalue weighted by Gasteiger charge is -2.22. The topological polar surface area (TPSA) is 29.1 Å². The van der Waals surface area contributed by atoms with Gasteiger partial charge in [-0.15, -0.1) is 0 Å². The first-order valence-corrected chi connectivity index (χ1v) is 7.93. The fourth-order valence-corrected chi connectivity index (χ4v) is 3.77. The molecule has 1 unspecified atom stereocenters. The zero-order chi connectivity index (χ0) is 14.2. The number of anilines is 1. The third kappa shape index (κ3) is 2.45. The molecule has 1 aliphatic rings. The van der Waals surface area contributed by atoms with Gasteiger partial charge in [0.15, 0.2) is 0 Å². The van der Waals surface area contributed by atoms with Gasteiger partial charge in [-0.05, 0) is 37.0 Å². The van der Waals surface area contributed by atoms with Gasteiger partial charge in [-0.25, -0.2) is 0 Å². The van der Waals surface area contributed by atoms with Gasteiger partial charge in [0.1, 0.15) is 0 Å². The zero-order valence-electron chi connectivity index (χ0n) is 12.1. The SMILES string of the molecule is CCC(CC)C(Br)c1ccc2c(c1)C(C)(C)C(=O)N2. The number of halogens is 1. The van der Waals surface area contributed by atoms with Crippen LogP contribution in [0.3, 0.4) is 0 Å². The summed E-state index contributed by atoms with van der Waals surface area (Å²) in [5.74, 6) is 0.722. The van der Waals surface area contributed by atoms with Crippen LogP contribution in [0, 0.1) is 5.92 Å². The minimum absolute atomic E-state index is 0.0910. The van der Waals surface area contributed by atoms with Crippen molar-refractivity contribution in [1.82, 2.24) is 0 Å². The maximum atomic E-state index is 12.0. The van der Waals surface area contributed by atoms with E-state index in [1.807, 2.05) is 19.9 Å². The van der Waals surface area contributed by atoms with E-state index in [9.17, 15) is 4.79 Å². The molecule has 0 saturated heterocycles. The Bertz CT molecular complexity index is 492. The quantitative estimate of drug-likeness (QED) is 0.793. The van der Waals surface area contributed by atoms with E-state index < -0.39 is 5.41 Å². The molecule has 1 N–H and O–H groups in total. The van der Waals surface area contributed by atoms with Crippen molar-refractivity contribution in [3.8, 4) is 0 Å². The van der Waals surface area contributed by atoms with Crippen molar-refractivity contribution < 1.29 is 4.79 Å². The van der Waals surface area contributed by atoms with Gasteiger partial charge in [0.2, 0.25) is 5.91 Å². The van der Waals surface area contributed by atoms with Crippen molar-refractivity contribution in [3.63, 3.8) is 0 Å². The van der Waals surface area contributed by atoms with E-state index in [1.54, 1.807) is 0 Å². The van der Waals surface area contributed by atoms with Gasteiger partial charge in [-0.1, -0.05) is 54.8 Å². The monoisotopic (exact) mass is 323 g/mol. The molecular formula is C16H22BrNO. The molecule has 19 heavy (non-hydrogen) atoms. The molecule has 1 heterocycles. The summed E-state index contributed by atoms with van der Waals surface area (Å²) >= 11 is 3.83. The molecule has 1 aromatic carbocycles. The summed E-state index contributed by atoms with van der Waals surface area (Å²) in [6.07, 6.45) is 2.31. The first-order valence-electron chi connectivity index (χ1n) is 7.01. The van der Waals surface area contributed by atoms with Crippen molar-refractivity contribution in [2.24, 2.45) is 5.92 Å². The number of fused-ring (bicyclic) bond motifs is 1. The van der Waals surface area contributed by atoms with E-state index in [-0.39, 0.29) is 5.91 Å². The smallest absolute Gasteiger partial charge is 0.234 e. The number of amides is 1. The number of benzene rings is 1. The van der Waals surface area contributed by atoms with Gasteiger partial charge in [0, 0.05) is 10.5 Å². The van der Waals surface area contributed by atoms with Crippen LogP contribution in [0.2, 0.25) is 0 Å². The van der Waals surface area contributed by atoms with E-state index in [4.69, 9.17) is 0 Å². The number of rotatable bonds is 4. The molecule has 1 atom stereocenters. The molecule has 0 aromatic heterocycles. The van der Waals surface area contributed by atoms with Gasteiger partial charge >= 0.3 is 0 Å². The van der Waals surface area contributed by atoms with Gasteiger partial charge in [-0.2, -0.15) is 0 Å². The molecule has 0 aliphatic carbocycles. The molecule has 2 nitrogen and oxygen atoms in total. The van der Waals surface area contributed by atoms with Gasteiger partial charge < -0.3 is 5.32 Å². The van der Waals surface area contributed by atoms with E-state index >= 15 is 0 Å². The Labute approximate surface area is 124 Å². The molecule has 0 saturated carbocycles. The van der Waals surface area contributed by atoms with Crippen LogP contribution in [0.1, 0.15) is 56.5 Å². The number of nitrogens with one attached hydrogen (secondary N) is 1. The second-order valence-electron chi connectivity index (χ2n) is 5.86. The lowest BCUT2D eigenvalue weighted by atomic mass is 9.84. The van der Waals surface area contributed by atoms with E-state index in [1.165, 1.54) is 5.56 Å². The van der Waals surface area contributed by atoms with Crippen LogP contribution in [0.5, 0.6) is 0 Å². The minimum Gasteiger partial charge on any atom is -0.325 e. The van der Waals surface area contributed by atoms with Crippen molar-refractivity contribution in [2.75, 3.05) is 5.32 Å². The van der Waals surface area contributed by atoms with Crippen LogP contribution >= 0.6 is 15.9 Å². The summed E-state index contributed by atoms with van der Waals surface area (Å²) in [7, 11) is 0. The Hall–Kier alpha value is -0.830. The predicted molar refractivity (Wildman–Crippen MR) is 83.8 cm³/mol. The number of hydrogen-bond acceptors (Lipinski definition) is 1. The summed E-state index contributed by atoms with van der Waals surface area (Å²) in [5, 5.41) is 2.96. The molecule has 1 aromatic rings. The highest BCUT2D eigenvalue weighted by atomic mass is 79.9. The Morgan fingerprint density at radius 3 is 2.47 bits per heavy atom. The molecule has 0 spiro atoms. The van der Waals surface area contributed by atoms with E-state index in [0.717, 1.165) is 24.1 Å². The third-order valence-corrected chi connectivity index (χ3v) is 5.59. The van der Waals surface area contributed by atoms with E-state index in [0.29, 0.717) is 10.7 Å². The van der Waals surface area contributed by atoms with Crippen LogP contribution in [0.15, 0.2) is 18.2 Å². The number of hydrogen-bond donors (Lipinski definition) is 1. The number of carbonyl (C=O) groups is 1. The van der Waals surface area contributed by atoms with Crippen LogP contribution in [-0.2, 0) is 10.2 Å². The molecule has 0 bridgehead atoms.